The van der Waals surface area contributed by atoms with Crippen molar-refractivity contribution in [3.05, 3.63) is 58.1 Å². The van der Waals surface area contributed by atoms with Crippen LogP contribution < -0.4 is 14.4 Å². The van der Waals surface area contributed by atoms with Crippen molar-refractivity contribution >= 4 is 21.4 Å². The van der Waals surface area contributed by atoms with Gasteiger partial charge in [0, 0.05) is 11.6 Å². The highest BCUT2D eigenvalue weighted by Gasteiger charge is 2.25. The van der Waals surface area contributed by atoms with Gasteiger partial charge in [-0.05, 0) is 43.9 Å². The Kier molecular flexibility index (Phi) is 6.94. The van der Waals surface area contributed by atoms with Gasteiger partial charge in [-0.1, -0.05) is 24.6 Å². The van der Waals surface area contributed by atoms with Crippen LogP contribution in [0.3, 0.4) is 0 Å². The van der Waals surface area contributed by atoms with Crippen LogP contribution in [0.15, 0.2) is 47.4 Å². The molecule has 30 heavy (non-hydrogen) atoms. The minimum absolute atomic E-state index is 0.0112. The molecule has 1 atom stereocenters. The summed E-state index contributed by atoms with van der Waals surface area (Å²) in [5.74, 6) is 0.0112. The largest absolute Gasteiger partial charge is 0.490 e. The molecule has 1 saturated carbocycles. The summed E-state index contributed by atoms with van der Waals surface area (Å²) in [5.41, 5.74) is 0.994. The topological polar surface area (TPSA) is 103 Å². The van der Waals surface area contributed by atoms with Gasteiger partial charge in [-0.15, -0.1) is 0 Å². The van der Waals surface area contributed by atoms with Crippen LogP contribution in [0.2, 0.25) is 0 Å². The number of methoxy groups -OCH3 is 1. The molecule has 2 aromatic rings. The van der Waals surface area contributed by atoms with E-state index in [1.165, 1.54) is 56.2 Å². The van der Waals surface area contributed by atoms with E-state index in [1.54, 1.807) is 12.1 Å². The van der Waals surface area contributed by atoms with Gasteiger partial charge in [0.15, 0.2) is 5.75 Å². The van der Waals surface area contributed by atoms with Gasteiger partial charge in [-0.25, -0.2) is 8.42 Å². The molecule has 162 valence electrons. The molecule has 8 nitrogen and oxygen atoms in total. The number of quaternary nitrogens is 1. The standard InChI is InChI=1S/C21H27N3O5S/c1-23(17-9-4-3-5-10-17)15-16-8-6-7-11-19(16)22-30(27,28)18-12-13-21(29-2)20(14-18)24(25)26/h6-8,11-14,17,22H,3-5,9-10,15H2,1-2H3/p+1. The molecule has 1 aliphatic carbocycles. The van der Waals surface area contributed by atoms with Gasteiger partial charge in [0.2, 0.25) is 0 Å². The summed E-state index contributed by atoms with van der Waals surface area (Å²) in [6.07, 6.45) is 6.15. The summed E-state index contributed by atoms with van der Waals surface area (Å²) in [6, 6.07) is 11.5. The van der Waals surface area contributed by atoms with E-state index in [0.717, 1.165) is 11.6 Å². The van der Waals surface area contributed by atoms with Crippen LogP contribution in [-0.2, 0) is 16.6 Å². The Morgan fingerprint density at radius 3 is 2.53 bits per heavy atom. The molecule has 1 fully saturated rings. The number of nitro groups is 1. The van der Waals surface area contributed by atoms with Crippen molar-refractivity contribution in [2.24, 2.45) is 0 Å². The normalized spacial score (nSPS) is 16.1. The van der Waals surface area contributed by atoms with Crippen LogP contribution in [0.25, 0.3) is 0 Å². The lowest BCUT2D eigenvalue weighted by Gasteiger charge is -2.28. The molecule has 9 heteroatoms. The zero-order chi connectivity index (χ0) is 21.7. The molecule has 1 unspecified atom stereocenters. The Morgan fingerprint density at radius 2 is 1.87 bits per heavy atom. The lowest BCUT2D eigenvalue weighted by atomic mass is 9.94. The summed E-state index contributed by atoms with van der Waals surface area (Å²) in [7, 11) is -0.548. The van der Waals surface area contributed by atoms with Crippen molar-refractivity contribution in [3.63, 3.8) is 0 Å². The van der Waals surface area contributed by atoms with E-state index in [2.05, 4.69) is 11.8 Å². The third-order valence-corrected chi connectivity index (χ3v) is 7.05. The number of rotatable bonds is 8. The molecule has 0 radical (unpaired) electrons. The Balaban J connectivity index is 1.83. The molecule has 0 aromatic heterocycles. The summed E-state index contributed by atoms with van der Waals surface area (Å²) in [4.78, 5) is 11.8. The molecule has 0 saturated heterocycles. The lowest BCUT2D eigenvalue weighted by molar-refractivity contribution is -0.921. The van der Waals surface area contributed by atoms with Crippen molar-refractivity contribution in [1.29, 1.82) is 0 Å². The van der Waals surface area contributed by atoms with Gasteiger partial charge in [-0.3, -0.25) is 14.8 Å². The molecule has 3 rings (SSSR count). The highest BCUT2D eigenvalue weighted by Crippen LogP contribution is 2.30. The van der Waals surface area contributed by atoms with Crippen LogP contribution in [-0.4, -0.2) is 33.5 Å². The molecule has 2 aromatic carbocycles. The van der Waals surface area contributed by atoms with Gasteiger partial charge in [0.05, 0.1) is 35.7 Å². The van der Waals surface area contributed by atoms with Crippen LogP contribution in [0.1, 0.15) is 37.7 Å². The maximum absolute atomic E-state index is 12.9. The van der Waals surface area contributed by atoms with E-state index in [0.29, 0.717) is 18.3 Å². The SMILES string of the molecule is COc1ccc(S(=O)(=O)Nc2ccccc2C[NH+](C)C2CCCCC2)cc1[N+](=O)[O-]. The number of para-hydroxylation sites is 1. The van der Waals surface area contributed by atoms with E-state index in [9.17, 15) is 18.5 Å². The zero-order valence-electron chi connectivity index (χ0n) is 17.3. The number of hydrogen-bond acceptors (Lipinski definition) is 5. The first-order chi connectivity index (χ1) is 14.3. The molecular formula is C21H28N3O5S+. The van der Waals surface area contributed by atoms with E-state index in [4.69, 9.17) is 4.74 Å². The number of hydrogen-bond donors (Lipinski definition) is 2. The lowest BCUT2D eigenvalue weighted by Crippen LogP contribution is -3.11. The van der Waals surface area contributed by atoms with E-state index in [-0.39, 0.29) is 10.6 Å². The fourth-order valence-electron chi connectivity index (χ4n) is 4.00. The Labute approximate surface area is 177 Å². The second-order valence-electron chi connectivity index (χ2n) is 7.71. The zero-order valence-corrected chi connectivity index (χ0v) is 18.1. The Hall–Kier alpha value is -2.65. The fourth-order valence-corrected chi connectivity index (χ4v) is 5.12. The number of nitro benzene ring substituents is 1. The number of sulfonamides is 1. The van der Waals surface area contributed by atoms with Crippen LogP contribution >= 0.6 is 0 Å². The quantitative estimate of drug-likeness (QED) is 0.491. The molecule has 1 aliphatic rings. The van der Waals surface area contributed by atoms with E-state index in [1.807, 2.05) is 12.1 Å². The number of nitrogens with one attached hydrogen (secondary N) is 2. The first-order valence-corrected chi connectivity index (χ1v) is 11.6. The third kappa shape index (κ3) is 5.09. The predicted octanol–water partition coefficient (Wildman–Crippen LogP) is 2.75. The van der Waals surface area contributed by atoms with Crippen LogP contribution in [0, 0.1) is 10.1 Å². The van der Waals surface area contributed by atoms with Gasteiger partial charge >= 0.3 is 5.69 Å². The smallest absolute Gasteiger partial charge is 0.312 e. The minimum Gasteiger partial charge on any atom is -0.490 e. The highest BCUT2D eigenvalue weighted by molar-refractivity contribution is 7.92. The number of nitrogens with zero attached hydrogens (tertiary/aromatic N) is 1. The van der Waals surface area contributed by atoms with Gasteiger partial charge in [0.25, 0.3) is 10.0 Å². The third-order valence-electron chi connectivity index (χ3n) is 5.69. The maximum atomic E-state index is 12.9. The van der Waals surface area contributed by atoms with Gasteiger partial charge in [-0.2, -0.15) is 0 Å². The van der Waals surface area contributed by atoms with Crippen molar-refractivity contribution in [3.8, 4) is 5.75 Å². The number of anilines is 1. The van der Waals surface area contributed by atoms with E-state index >= 15 is 0 Å². The maximum Gasteiger partial charge on any atom is 0.312 e. The average Bonchev–Trinajstić information content (AvgIpc) is 2.75. The van der Waals surface area contributed by atoms with Crippen LogP contribution in [0.5, 0.6) is 5.75 Å². The minimum atomic E-state index is -4.00. The summed E-state index contributed by atoms with van der Waals surface area (Å²) in [6.45, 7) is 0.701. The number of benzene rings is 2. The first kappa shape index (κ1) is 22.0. The van der Waals surface area contributed by atoms with Crippen molar-refractivity contribution < 1.29 is 23.0 Å². The second-order valence-corrected chi connectivity index (χ2v) is 9.39. The number of ether oxygens (including phenoxy) is 1. The van der Waals surface area contributed by atoms with Gasteiger partial charge in [0.1, 0.15) is 6.54 Å². The monoisotopic (exact) mass is 434 g/mol. The fraction of sp³-hybridized carbons (Fsp3) is 0.429. The predicted molar refractivity (Wildman–Crippen MR) is 114 cm³/mol. The van der Waals surface area contributed by atoms with Crippen LogP contribution in [0.4, 0.5) is 11.4 Å². The van der Waals surface area contributed by atoms with Crippen molar-refractivity contribution in [2.75, 3.05) is 18.9 Å². The summed E-state index contributed by atoms with van der Waals surface area (Å²) in [5, 5.41) is 11.3. The molecular weight excluding hydrogens is 406 g/mol. The summed E-state index contributed by atoms with van der Waals surface area (Å²) >= 11 is 0. The Morgan fingerprint density at radius 1 is 1.17 bits per heavy atom. The molecule has 0 bridgehead atoms. The van der Waals surface area contributed by atoms with E-state index < -0.39 is 20.6 Å². The van der Waals surface area contributed by atoms with Crippen molar-refractivity contribution in [1.82, 2.24) is 0 Å². The molecule has 2 N–H and O–H groups in total. The second kappa shape index (κ2) is 9.44. The van der Waals surface area contributed by atoms with Gasteiger partial charge < -0.3 is 9.64 Å². The average molecular weight is 435 g/mol. The molecule has 0 aliphatic heterocycles. The van der Waals surface area contributed by atoms with Crippen molar-refractivity contribution in [2.45, 2.75) is 49.6 Å². The highest BCUT2D eigenvalue weighted by atomic mass is 32.2. The first-order valence-electron chi connectivity index (χ1n) is 10.1. The molecule has 0 amide bonds. The molecule has 0 heterocycles. The molecule has 0 spiro atoms. The Bertz CT molecular complexity index is 1000. The summed E-state index contributed by atoms with van der Waals surface area (Å²) < 4.78 is 33.4.